The van der Waals surface area contributed by atoms with Gasteiger partial charge in [-0.15, -0.1) is 0 Å². The maximum Gasteiger partial charge on any atom is 0.137 e. The van der Waals surface area contributed by atoms with E-state index in [1.165, 1.54) is 6.07 Å². The second-order valence-electron chi connectivity index (χ2n) is 4.30. The van der Waals surface area contributed by atoms with E-state index in [4.69, 9.17) is 9.47 Å². The van der Waals surface area contributed by atoms with Gasteiger partial charge in [-0.1, -0.05) is 12.1 Å². The monoisotopic (exact) mass is 333 g/mol. The van der Waals surface area contributed by atoms with Crippen LogP contribution in [0.5, 0.6) is 0 Å². The Kier molecular flexibility index (Phi) is 8.21. The van der Waals surface area contributed by atoms with Crippen molar-refractivity contribution in [2.75, 3.05) is 34.0 Å². The van der Waals surface area contributed by atoms with Gasteiger partial charge in [0, 0.05) is 19.8 Å². The lowest BCUT2D eigenvalue weighted by atomic mass is 10.0. The van der Waals surface area contributed by atoms with Crippen LogP contribution in [-0.2, 0) is 15.9 Å². The normalized spacial score (nSPS) is 12.6. The molecule has 0 spiro atoms. The number of hydrogen-bond donors (Lipinski definition) is 1. The van der Waals surface area contributed by atoms with E-state index in [2.05, 4.69) is 21.2 Å². The van der Waals surface area contributed by atoms with Crippen LogP contribution in [0.2, 0.25) is 0 Å². The van der Waals surface area contributed by atoms with E-state index in [-0.39, 0.29) is 11.9 Å². The van der Waals surface area contributed by atoms with Crippen LogP contribution in [0.15, 0.2) is 22.7 Å². The maximum absolute atomic E-state index is 13.4. The highest BCUT2D eigenvalue weighted by atomic mass is 79.9. The van der Waals surface area contributed by atoms with Crippen molar-refractivity contribution in [1.29, 1.82) is 0 Å². The van der Waals surface area contributed by atoms with Crippen LogP contribution in [-0.4, -0.2) is 40.0 Å². The van der Waals surface area contributed by atoms with E-state index in [0.29, 0.717) is 24.3 Å². The number of benzene rings is 1. The number of halogens is 2. The molecule has 0 bridgehead atoms. The van der Waals surface area contributed by atoms with Gasteiger partial charge in [-0.2, -0.15) is 0 Å². The lowest BCUT2D eigenvalue weighted by molar-refractivity contribution is 0.0661. The summed E-state index contributed by atoms with van der Waals surface area (Å²) in [5, 5.41) is 3.23. The summed E-state index contributed by atoms with van der Waals surface area (Å²) >= 11 is 3.29. The van der Waals surface area contributed by atoms with Gasteiger partial charge in [-0.05, 0) is 47.4 Å². The molecule has 0 amide bonds. The zero-order valence-corrected chi connectivity index (χ0v) is 13.0. The first kappa shape index (κ1) is 16.6. The number of methoxy groups -OCH3 is 1. The molecular weight excluding hydrogens is 313 g/mol. The predicted octanol–water partition coefficient (Wildman–Crippen LogP) is 2.77. The molecule has 19 heavy (non-hydrogen) atoms. The van der Waals surface area contributed by atoms with Crippen LogP contribution in [0.25, 0.3) is 0 Å². The Morgan fingerprint density at radius 2 is 2.11 bits per heavy atom. The Bertz CT molecular complexity index is 376. The van der Waals surface area contributed by atoms with Gasteiger partial charge in [0.15, 0.2) is 0 Å². The van der Waals surface area contributed by atoms with Gasteiger partial charge in [-0.25, -0.2) is 4.39 Å². The number of rotatable bonds is 9. The molecular formula is C14H21BrFNO2. The summed E-state index contributed by atoms with van der Waals surface area (Å²) in [6.45, 7) is 1.89. The molecule has 0 fully saturated rings. The highest BCUT2D eigenvalue weighted by Crippen LogP contribution is 2.22. The third-order valence-electron chi connectivity index (χ3n) is 2.95. The van der Waals surface area contributed by atoms with Gasteiger partial charge in [0.25, 0.3) is 0 Å². The lowest BCUT2D eigenvalue weighted by Crippen LogP contribution is -2.29. The third kappa shape index (κ3) is 5.99. The summed E-state index contributed by atoms with van der Waals surface area (Å²) < 4.78 is 24.3. The number of nitrogens with one attached hydrogen (secondary N) is 1. The summed E-state index contributed by atoms with van der Waals surface area (Å²) in [5.74, 6) is -0.219. The fraction of sp³-hybridized carbons (Fsp3) is 0.571. The first-order valence-corrected chi connectivity index (χ1v) is 7.15. The Balaban J connectivity index is 2.41. The Hall–Kier alpha value is -0.490. The van der Waals surface area contributed by atoms with Crippen LogP contribution in [0.3, 0.4) is 0 Å². The second-order valence-corrected chi connectivity index (χ2v) is 5.09. The minimum Gasteiger partial charge on any atom is -0.382 e. The van der Waals surface area contributed by atoms with Crippen molar-refractivity contribution < 1.29 is 13.9 Å². The molecule has 1 atom stereocenters. The molecule has 0 aliphatic rings. The van der Waals surface area contributed by atoms with Gasteiger partial charge in [0.05, 0.1) is 17.7 Å². The standard InChI is InChI=1S/C14H21BrFNO2/c1-17-12(6-7-19-9-8-18-2)10-11-4-3-5-13(16)14(11)15/h3-5,12,17H,6-10H2,1-2H3. The first-order valence-electron chi connectivity index (χ1n) is 6.35. The van der Waals surface area contributed by atoms with E-state index in [1.54, 1.807) is 13.2 Å². The maximum atomic E-state index is 13.4. The Morgan fingerprint density at radius 1 is 1.32 bits per heavy atom. The van der Waals surface area contributed by atoms with Gasteiger partial charge >= 0.3 is 0 Å². The van der Waals surface area contributed by atoms with Crippen molar-refractivity contribution in [3.05, 3.63) is 34.1 Å². The van der Waals surface area contributed by atoms with Gasteiger partial charge < -0.3 is 14.8 Å². The molecule has 0 radical (unpaired) electrons. The number of ether oxygens (including phenoxy) is 2. The van der Waals surface area contributed by atoms with Crippen molar-refractivity contribution in [2.24, 2.45) is 0 Å². The predicted molar refractivity (Wildman–Crippen MR) is 78.0 cm³/mol. The molecule has 1 N–H and O–H groups in total. The Labute approximate surface area is 122 Å². The van der Waals surface area contributed by atoms with Crippen molar-refractivity contribution >= 4 is 15.9 Å². The quantitative estimate of drug-likeness (QED) is 0.705. The fourth-order valence-electron chi connectivity index (χ4n) is 1.79. The first-order chi connectivity index (χ1) is 9.19. The van der Waals surface area contributed by atoms with E-state index in [1.807, 2.05) is 13.1 Å². The molecule has 1 rings (SSSR count). The van der Waals surface area contributed by atoms with Crippen molar-refractivity contribution in [1.82, 2.24) is 5.32 Å². The lowest BCUT2D eigenvalue weighted by Gasteiger charge is -2.17. The van der Waals surface area contributed by atoms with Gasteiger partial charge in [-0.3, -0.25) is 0 Å². The van der Waals surface area contributed by atoms with Crippen molar-refractivity contribution in [2.45, 2.75) is 18.9 Å². The molecule has 3 nitrogen and oxygen atoms in total. The zero-order chi connectivity index (χ0) is 14.1. The minimum atomic E-state index is -0.219. The average Bonchev–Trinajstić information content (AvgIpc) is 2.42. The van der Waals surface area contributed by atoms with Crippen molar-refractivity contribution in [3.8, 4) is 0 Å². The summed E-state index contributed by atoms with van der Waals surface area (Å²) in [5.41, 5.74) is 0.969. The van der Waals surface area contributed by atoms with Crippen LogP contribution in [0.1, 0.15) is 12.0 Å². The van der Waals surface area contributed by atoms with Crippen LogP contribution >= 0.6 is 15.9 Å². The molecule has 0 aromatic heterocycles. The second kappa shape index (κ2) is 9.42. The average molecular weight is 334 g/mol. The number of likely N-dealkylation sites (N-methyl/N-ethyl adjacent to an activating group) is 1. The van der Waals surface area contributed by atoms with E-state index < -0.39 is 0 Å². The highest BCUT2D eigenvalue weighted by molar-refractivity contribution is 9.10. The summed E-state index contributed by atoms with van der Waals surface area (Å²) in [6.07, 6.45) is 1.64. The molecule has 5 heteroatoms. The molecule has 0 aliphatic carbocycles. The molecule has 0 heterocycles. The highest BCUT2D eigenvalue weighted by Gasteiger charge is 2.11. The molecule has 1 aromatic rings. The molecule has 108 valence electrons. The summed E-state index contributed by atoms with van der Waals surface area (Å²) in [4.78, 5) is 0. The Morgan fingerprint density at radius 3 is 2.79 bits per heavy atom. The van der Waals surface area contributed by atoms with Crippen LogP contribution in [0.4, 0.5) is 4.39 Å². The number of hydrogen-bond acceptors (Lipinski definition) is 3. The van der Waals surface area contributed by atoms with Crippen LogP contribution in [0, 0.1) is 5.82 Å². The summed E-state index contributed by atoms with van der Waals surface area (Å²) in [6, 6.07) is 5.39. The van der Waals surface area contributed by atoms with Gasteiger partial charge in [0.2, 0.25) is 0 Å². The smallest absolute Gasteiger partial charge is 0.137 e. The molecule has 0 aliphatic heterocycles. The van der Waals surface area contributed by atoms with E-state index >= 15 is 0 Å². The largest absolute Gasteiger partial charge is 0.382 e. The van der Waals surface area contributed by atoms with Gasteiger partial charge in [0.1, 0.15) is 5.82 Å². The topological polar surface area (TPSA) is 30.5 Å². The zero-order valence-electron chi connectivity index (χ0n) is 11.4. The molecule has 0 saturated carbocycles. The van der Waals surface area contributed by atoms with Crippen molar-refractivity contribution in [3.63, 3.8) is 0 Å². The summed E-state index contributed by atoms with van der Waals surface area (Å²) in [7, 11) is 3.56. The molecule has 0 saturated heterocycles. The fourth-order valence-corrected chi connectivity index (χ4v) is 2.22. The van der Waals surface area contributed by atoms with Crippen LogP contribution < -0.4 is 5.32 Å². The molecule has 1 unspecified atom stereocenters. The van der Waals surface area contributed by atoms with E-state index in [9.17, 15) is 4.39 Å². The molecule has 1 aromatic carbocycles. The van der Waals surface area contributed by atoms with E-state index in [0.717, 1.165) is 18.4 Å². The third-order valence-corrected chi connectivity index (χ3v) is 3.84. The minimum absolute atomic E-state index is 0.219. The SMILES string of the molecule is CNC(CCOCCOC)Cc1cccc(F)c1Br.